The summed E-state index contributed by atoms with van der Waals surface area (Å²) in [5, 5.41) is 14.6. The number of aliphatic hydroxyl groups excluding tert-OH is 1. The van der Waals surface area contributed by atoms with Gasteiger partial charge >= 0.3 is 0 Å². The normalized spacial score (nSPS) is 13.2. The molecule has 4 nitrogen and oxygen atoms in total. The first-order valence-corrected chi connectivity index (χ1v) is 11.2. The number of carbonyl (C=O) groups excluding carboxylic acids is 1. The zero-order chi connectivity index (χ0) is 22.0. The fourth-order valence-corrected chi connectivity index (χ4v) is 4.67. The molecule has 0 fully saturated rings. The van der Waals surface area contributed by atoms with Crippen molar-refractivity contribution >= 4 is 52.5 Å². The van der Waals surface area contributed by atoms with Gasteiger partial charge in [-0.05, 0) is 72.3 Å². The molecule has 0 aliphatic carbocycles. The number of anilines is 1. The Balaban J connectivity index is 1.43. The third kappa shape index (κ3) is 4.85. The molecular formula is C24H20Cl2N2O2S. The number of likely N-dealkylation sites (N-methyl/N-ethyl adjacent to an activating group) is 1. The van der Waals surface area contributed by atoms with Crippen LogP contribution in [0.2, 0.25) is 10.0 Å². The van der Waals surface area contributed by atoms with Gasteiger partial charge in [-0.15, -0.1) is 0 Å². The minimum atomic E-state index is -0.356. The van der Waals surface area contributed by atoms with E-state index in [2.05, 4.69) is 5.32 Å². The van der Waals surface area contributed by atoms with Crippen molar-refractivity contribution in [1.82, 2.24) is 4.31 Å². The second kappa shape index (κ2) is 9.27. The molecule has 3 aromatic carbocycles. The number of nitrogens with one attached hydrogen (secondary N) is 1. The Morgan fingerprint density at radius 1 is 0.968 bits per heavy atom. The maximum absolute atomic E-state index is 12.8. The van der Waals surface area contributed by atoms with Crippen LogP contribution in [0.15, 0.2) is 77.3 Å². The number of rotatable bonds is 5. The van der Waals surface area contributed by atoms with E-state index in [9.17, 15) is 9.90 Å². The van der Waals surface area contributed by atoms with Crippen LogP contribution in [0.5, 0.6) is 0 Å². The Hall–Kier alpha value is -2.60. The van der Waals surface area contributed by atoms with Crippen molar-refractivity contribution in [3.8, 4) is 0 Å². The van der Waals surface area contributed by atoms with Crippen molar-refractivity contribution in [1.29, 1.82) is 0 Å². The van der Waals surface area contributed by atoms with Crippen LogP contribution < -0.4 is 5.32 Å². The van der Waals surface area contributed by atoms with Crippen LogP contribution in [0.3, 0.4) is 0 Å². The Kier molecular flexibility index (Phi) is 6.46. The van der Waals surface area contributed by atoms with E-state index in [1.165, 1.54) is 11.9 Å². The van der Waals surface area contributed by atoms with Gasteiger partial charge in [0.15, 0.2) is 11.5 Å². The largest absolute Gasteiger partial charge is 0.505 e. The van der Waals surface area contributed by atoms with Crippen LogP contribution in [0.1, 0.15) is 16.7 Å². The summed E-state index contributed by atoms with van der Waals surface area (Å²) in [7, 11) is 1.76. The number of halogens is 2. The summed E-state index contributed by atoms with van der Waals surface area (Å²) in [6.45, 7) is 0. The quantitative estimate of drug-likeness (QED) is 0.412. The van der Waals surface area contributed by atoms with Gasteiger partial charge in [0.1, 0.15) is 0 Å². The molecule has 4 rings (SSSR count). The van der Waals surface area contributed by atoms with Crippen molar-refractivity contribution in [3.05, 3.63) is 99.2 Å². The molecule has 31 heavy (non-hydrogen) atoms. The lowest BCUT2D eigenvalue weighted by Gasteiger charge is -2.27. The summed E-state index contributed by atoms with van der Waals surface area (Å²) in [4.78, 5) is 13.8. The molecule has 0 radical (unpaired) electrons. The van der Waals surface area contributed by atoms with E-state index in [4.69, 9.17) is 23.2 Å². The molecule has 1 heterocycles. The monoisotopic (exact) mass is 470 g/mol. The summed E-state index contributed by atoms with van der Waals surface area (Å²) in [5.41, 5.74) is 3.82. The van der Waals surface area contributed by atoms with E-state index >= 15 is 0 Å². The minimum Gasteiger partial charge on any atom is -0.505 e. The second-order valence-electron chi connectivity index (χ2n) is 7.18. The SMILES string of the molecule is CN1Sc2ccccc2C(O)=C1C(=O)Nc1ccc(CCc2ccc(Cl)c(Cl)c2)cc1. The predicted octanol–water partition coefficient (Wildman–Crippen LogP) is 6.60. The van der Waals surface area contributed by atoms with Crippen LogP contribution >= 0.6 is 35.1 Å². The second-order valence-corrected chi connectivity index (χ2v) is 9.17. The molecule has 3 aromatic rings. The number of hydrogen-bond acceptors (Lipinski definition) is 4. The molecule has 7 heteroatoms. The Morgan fingerprint density at radius 3 is 2.39 bits per heavy atom. The van der Waals surface area contributed by atoms with Crippen LogP contribution in [0, 0.1) is 0 Å². The first-order valence-electron chi connectivity index (χ1n) is 9.71. The van der Waals surface area contributed by atoms with Gasteiger partial charge in [-0.3, -0.25) is 4.79 Å². The molecule has 0 unspecified atom stereocenters. The van der Waals surface area contributed by atoms with E-state index in [1.54, 1.807) is 23.5 Å². The molecule has 0 atom stereocenters. The highest BCUT2D eigenvalue weighted by Gasteiger charge is 2.28. The Morgan fingerprint density at radius 2 is 1.65 bits per heavy atom. The van der Waals surface area contributed by atoms with Crippen LogP contribution in [-0.2, 0) is 17.6 Å². The molecule has 0 saturated carbocycles. The van der Waals surface area contributed by atoms with Crippen molar-refractivity contribution in [3.63, 3.8) is 0 Å². The number of carbonyl (C=O) groups is 1. The first kappa shape index (κ1) is 21.6. The van der Waals surface area contributed by atoms with Crippen molar-refractivity contribution in [2.45, 2.75) is 17.7 Å². The number of benzene rings is 3. The van der Waals surface area contributed by atoms with Gasteiger partial charge in [0.25, 0.3) is 5.91 Å². The van der Waals surface area contributed by atoms with E-state index < -0.39 is 0 Å². The lowest BCUT2D eigenvalue weighted by atomic mass is 10.0. The molecule has 1 amide bonds. The van der Waals surface area contributed by atoms with E-state index in [-0.39, 0.29) is 17.4 Å². The molecule has 1 aliphatic heterocycles. The molecule has 0 aromatic heterocycles. The van der Waals surface area contributed by atoms with Crippen molar-refractivity contribution in [2.75, 3.05) is 12.4 Å². The van der Waals surface area contributed by atoms with E-state index in [0.717, 1.165) is 28.9 Å². The summed E-state index contributed by atoms with van der Waals surface area (Å²) < 4.78 is 1.68. The lowest BCUT2D eigenvalue weighted by Crippen LogP contribution is -2.27. The van der Waals surface area contributed by atoms with E-state index in [1.807, 2.05) is 54.6 Å². The van der Waals surface area contributed by atoms with Crippen molar-refractivity contribution < 1.29 is 9.90 Å². The molecular weight excluding hydrogens is 451 g/mol. The molecule has 0 spiro atoms. The molecule has 158 valence electrons. The molecule has 1 aliphatic rings. The molecule has 0 bridgehead atoms. The number of aliphatic hydroxyl groups is 1. The highest BCUT2D eigenvalue weighted by atomic mass is 35.5. The highest BCUT2D eigenvalue weighted by molar-refractivity contribution is 7.97. The van der Waals surface area contributed by atoms with E-state index in [0.29, 0.717) is 21.3 Å². The summed E-state index contributed by atoms with van der Waals surface area (Å²) in [6, 6.07) is 20.8. The van der Waals surface area contributed by atoms with Crippen LogP contribution in [-0.4, -0.2) is 22.4 Å². The van der Waals surface area contributed by atoms with Gasteiger partial charge in [-0.2, -0.15) is 0 Å². The average Bonchev–Trinajstić information content (AvgIpc) is 2.75. The molecule has 2 N–H and O–H groups in total. The first-order chi connectivity index (χ1) is 14.9. The topological polar surface area (TPSA) is 52.6 Å². The third-order valence-electron chi connectivity index (χ3n) is 5.03. The number of hydrogen-bond donors (Lipinski definition) is 2. The van der Waals surface area contributed by atoms with Gasteiger partial charge in [-0.1, -0.05) is 53.5 Å². The number of amides is 1. The third-order valence-corrected chi connectivity index (χ3v) is 6.78. The summed E-state index contributed by atoms with van der Waals surface area (Å²) >= 11 is 13.5. The highest BCUT2D eigenvalue weighted by Crippen LogP contribution is 2.38. The summed E-state index contributed by atoms with van der Waals surface area (Å²) in [6.07, 6.45) is 1.68. The van der Waals surface area contributed by atoms with Crippen molar-refractivity contribution in [2.24, 2.45) is 0 Å². The smallest absolute Gasteiger partial charge is 0.276 e. The Bertz CT molecular complexity index is 1160. The van der Waals surface area contributed by atoms with Gasteiger partial charge in [0.2, 0.25) is 0 Å². The average molecular weight is 471 g/mol. The summed E-state index contributed by atoms with van der Waals surface area (Å²) in [5.74, 6) is -0.377. The van der Waals surface area contributed by atoms with Gasteiger partial charge in [-0.25, -0.2) is 0 Å². The number of fused-ring (bicyclic) bond motifs is 1. The van der Waals surface area contributed by atoms with Crippen LogP contribution in [0.4, 0.5) is 5.69 Å². The zero-order valence-electron chi connectivity index (χ0n) is 16.7. The fourth-order valence-electron chi connectivity index (χ4n) is 3.39. The van der Waals surface area contributed by atoms with Crippen LogP contribution in [0.25, 0.3) is 5.76 Å². The van der Waals surface area contributed by atoms with Gasteiger partial charge in [0, 0.05) is 23.2 Å². The lowest BCUT2D eigenvalue weighted by molar-refractivity contribution is -0.113. The maximum atomic E-state index is 12.8. The predicted molar refractivity (Wildman–Crippen MR) is 129 cm³/mol. The Labute approximate surface area is 195 Å². The molecule has 0 saturated heterocycles. The number of aryl methyl sites for hydroxylation is 2. The fraction of sp³-hybridized carbons (Fsp3) is 0.125. The van der Waals surface area contributed by atoms with Gasteiger partial charge in [0.05, 0.1) is 10.0 Å². The number of nitrogens with zero attached hydrogens (tertiary/aromatic N) is 1. The minimum absolute atomic E-state index is 0.0207. The van der Waals surface area contributed by atoms with Gasteiger partial charge < -0.3 is 14.7 Å². The standard InChI is InChI=1S/C24H20Cl2N2O2S/c1-28-22(23(29)18-4-2-3-5-21(18)31-28)24(30)27-17-11-8-15(9-12-17)6-7-16-10-13-19(25)20(26)14-16/h2-5,8-14,29H,6-7H2,1H3,(H,27,30). The zero-order valence-corrected chi connectivity index (χ0v) is 19.1. The maximum Gasteiger partial charge on any atom is 0.276 e.